The SMILES string of the molecule is CN1CCC(NC(=O)CN(Cc2ccc(Cl)cc2Cl)S(=O)(=O)c2ccccc2)CC1. The van der Waals surface area contributed by atoms with E-state index in [2.05, 4.69) is 10.2 Å². The van der Waals surface area contributed by atoms with Crippen LogP contribution in [0.1, 0.15) is 18.4 Å². The van der Waals surface area contributed by atoms with Crippen LogP contribution in [0, 0.1) is 0 Å². The van der Waals surface area contributed by atoms with E-state index in [9.17, 15) is 13.2 Å². The normalized spacial score (nSPS) is 16.0. The van der Waals surface area contributed by atoms with Crippen LogP contribution >= 0.6 is 23.2 Å². The summed E-state index contributed by atoms with van der Waals surface area (Å²) >= 11 is 12.2. The molecule has 30 heavy (non-hydrogen) atoms. The highest BCUT2D eigenvalue weighted by Crippen LogP contribution is 2.25. The number of sulfonamides is 1. The van der Waals surface area contributed by atoms with E-state index in [0.717, 1.165) is 30.2 Å². The molecule has 6 nitrogen and oxygen atoms in total. The van der Waals surface area contributed by atoms with Crippen molar-refractivity contribution in [3.05, 3.63) is 64.1 Å². The second kappa shape index (κ2) is 10.1. The molecule has 0 unspecified atom stereocenters. The number of halogens is 2. The molecule has 1 amide bonds. The van der Waals surface area contributed by atoms with E-state index in [0.29, 0.717) is 15.6 Å². The third kappa shape index (κ3) is 5.95. The van der Waals surface area contributed by atoms with Crippen LogP contribution in [0.2, 0.25) is 10.0 Å². The summed E-state index contributed by atoms with van der Waals surface area (Å²) in [6, 6.07) is 13.0. The summed E-state index contributed by atoms with van der Waals surface area (Å²) < 4.78 is 27.7. The lowest BCUT2D eigenvalue weighted by atomic mass is 10.1. The number of rotatable bonds is 7. The van der Waals surface area contributed by atoms with Crippen LogP contribution in [0.5, 0.6) is 0 Å². The third-order valence-electron chi connectivity index (χ3n) is 5.15. The molecular weight excluding hydrogens is 445 g/mol. The molecule has 1 fully saturated rings. The molecule has 0 radical (unpaired) electrons. The number of hydrogen-bond donors (Lipinski definition) is 1. The minimum absolute atomic E-state index is 0.0337. The standard InChI is InChI=1S/C21H25Cl2N3O3S/c1-25-11-9-18(10-12-25)24-21(27)15-26(14-16-7-8-17(22)13-20(16)23)30(28,29)19-5-3-2-4-6-19/h2-8,13,18H,9-12,14-15H2,1H3,(H,24,27). The van der Waals surface area contributed by atoms with Crippen molar-refractivity contribution in [2.45, 2.75) is 30.3 Å². The van der Waals surface area contributed by atoms with Crippen LogP contribution in [0.25, 0.3) is 0 Å². The Morgan fingerprint density at radius 2 is 1.80 bits per heavy atom. The van der Waals surface area contributed by atoms with Crippen molar-refractivity contribution in [2.75, 3.05) is 26.7 Å². The summed E-state index contributed by atoms with van der Waals surface area (Å²) in [7, 11) is -1.85. The van der Waals surface area contributed by atoms with E-state index in [-0.39, 0.29) is 29.9 Å². The van der Waals surface area contributed by atoms with Gasteiger partial charge in [0, 0.05) is 22.6 Å². The van der Waals surface area contributed by atoms with Gasteiger partial charge in [0.15, 0.2) is 0 Å². The highest BCUT2D eigenvalue weighted by molar-refractivity contribution is 7.89. The first kappa shape index (κ1) is 23.0. The van der Waals surface area contributed by atoms with Crippen LogP contribution in [0.3, 0.4) is 0 Å². The van der Waals surface area contributed by atoms with Crippen LogP contribution < -0.4 is 5.32 Å². The van der Waals surface area contributed by atoms with Crippen LogP contribution in [0.15, 0.2) is 53.4 Å². The van der Waals surface area contributed by atoms with E-state index in [4.69, 9.17) is 23.2 Å². The first-order valence-corrected chi connectivity index (χ1v) is 11.9. The summed E-state index contributed by atoms with van der Waals surface area (Å²) in [6.45, 7) is 1.48. The largest absolute Gasteiger partial charge is 0.352 e. The Bertz CT molecular complexity index is 978. The van der Waals surface area contributed by atoms with Gasteiger partial charge in [-0.05, 0) is 62.8 Å². The smallest absolute Gasteiger partial charge is 0.243 e. The molecule has 2 aromatic rings. The molecule has 9 heteroatoms. The fraction of sp³-hybridized carbons (Fsp3) is 0.381. The minimum Gasteiger partial charge on any atom is -0.352 e. The Morgan fingerprint density at radius 1 is 1.13 bits per heavy atom. The molecule has 1 N–H and O–H groups in total. The molecule has 162 valence electrons. The first-order valence-electron chi connectivity index (χ1n) is 9.73. The second-order valence-electron chi connectivity index (χ2n) is 7.47. The average Bonchev–Trinajstić information content (AvgIpc) is 2.71. The number of nitrogens with zero attached hydrogens (tertiary/aromatic N) is 2. The lowest BCUT2D eigenvalue weighted by Gasteiger charge is -2.30. The summed E-state index contributed by atoms with van der Waals surface area (Å²) in [5.41, 5.74) is 0.577. The van der Waals surface area contributed by atoms with Gasteiger partial charge in [0.05, 0.1) is 11.4 Å². The van der Waals surface area contributed by atoms with Gasteiger partial charge in [-0.2, -0.15) is 4.31 Å². The Kier molecular flexibility index (Phi) is 7.76. The van der Waals surface area contributed by atoms with Gasteiger partial charge in [-0.15, -0.1) is 0 Å². The Morgan fingerprint density at radius 3 is 2.43 bits per heavy atom. The quantitative estimate of drug-likeness (QED) is 0.674. The molecule has 0 aliphatic carbocycles. The zero-order chi connectivity index (χ0) is 21.7. The van der Waals surface area contributed by atoms with Gasteiger partial charge in [0.25, 0.3) is 0 Å². The summed E-state index contributed by atoms with van der Waals surface area (Å²) in [5, 5.41) is 3.79. The van der Waals surface area contributed by atoms with Crippen molar-refractivity contribution >= 4 is 39.1 Å². The van der Waals surface area contributed by atoms with Crippen molar-refractivity contribution in [2.24, 2.45) is 0 Å². The van der Waals surface area contributed by atoms with Crippen molar-refractivity contribution < 1.29 is 13.2 Å². The molecule has 1 heterocycles. The number of hydrogen-bond acceptors (Lipinski definition) is 4. The van der Waals surface area contributed by atoms with E-state index in [1.165, 1.54) is 12.1 Å². The number of amides is 1. The van der Waals surface area contributed by atoms with Crippen LogP contribution in [-0.2, 0) is 21.4 Å². The summed E-state index contributed by atoms with van der Waals surface area (Å²) in [5.74, 6) is -0.325. The van der Waals surface area contributed by atoms with Crippen molar-refractivity contribution in [1.82, 2.24) is 14.5 Å². The lowest BCUT2D eigenvalue weighted by molar-refractivity contribution is -0.122. The summed E-state index contributed by atoms with van der Waals surface area (Å²) in [4.78, 5) is 15.1. The van der Waals surface area contributed by atoms with Crippen LogP contribution in [-0.4, -0.2) is 56.3 Å². The molecule has 3 rings (SSSR count). The highest BCUT2D eigenvalue weighted by Gasteiger charge is 2.28. The number of piperidine rings is 1. The van der Waals surface area contributed by atoms with Gasteiger partial charge in [0.2, 0.25) is 15.9 Å². The molecule has 1 aliphatic rings. The fourth-order valence-electron chi connectivity index (χ4n) is 3.39. The van der Waals surface area contributed by atoms with Crippen LogP contribution in [0.4, 0.5) is 0 Å². The minimum atomic E-state index is -3.90. The zero-order valence-corrected chi connectivity index (χ0v) is 19.1. The Hall–Kier alpha value is -1.64. The zero-order valence-electron chi connectivity index (χ0n) is 16.7. The maximum Gasteiger partial charge on any atom is 0.243 e. The molecule has 0 atom stereocenters. The van der Waals surface area contributed by atoms with E-state index in [1.807, 2.05) is 7.05 Å². The number of carbonyl (C=O) groups is 1. The lowest BCUT2D eigenvalue weighted by Crippen LogP contribution is -2.47. The first-order chi connectivity index (χ1) is 14.3. The van der Waals surface area contributed by atoms with E-state index in [1.54, 1.807) is 36.4 Å². The Balaban J connectivity index is 1.81. The predicted octanol–water partition coefficient (Wildman–Crippen LogP) is 3.39. The van der Waals surface area contributed by atoms with Crippen molar-refractivity contribution in [3.63, 3.8) is 0 Å². The average molecular weight is 470 g/mol. The maximum absolute atomic E-state index is 13.3. The van der Waals surface area contributed by atoms with Gasteiger partial charge >= 0.3 is 0 Å². The van der Waals surface area contributed by atoms with E-state index < -0.39 is 10.0 Å². The van der Waals surface area contributed by atoms with Crippen molar-refractivity contribution in [3.8, 4) is 0 Å². The van der Waals surface area contributed by atoms with Crippen molar-refractivity contribution in [1.29, 1.82) is 0 Å². The monoisotopic (exact) mass is 469 g/mol. The second-order valence-corrected chi connectivity index (χ2v) is 10.2. The van der Waals surface area contributed by atoms with Gasteiger partial charge in [-0.25, -0.2) is 8.42 Å². The summed E-state index contributed by atoms with van der Waals surface area (Å²) in [6.07, 6.45) is 1.69. The van der Waals surface area contributed by atoms with Gasteiger partial charge in [0.1, 0.15) is 0 Å². The molecule has 2 aromatic carbocycles. The molecule has 1 saturated heterocycles. The number of likely N-dealkylation sites (tertiary alicyclic amines) is 1. The molecule has 0 saturated carbocycles. The number of nitrogens with one attached hydrogen (secondary N) is 1. The molecule has 0 aromatic heterocycles. The Labute approximate surface area is 187 Å². The topological polar surface area (TPSA) is 69.7 Å². The molecule has 0 spiro atoms. The fourth-order valence-corrected chi connectivity index (χ4v) is 5.26. The van der Waals surface area contributed by atoms with Gasteiger partial charge < -0.3 is 10.2 Å². The molecule has 0 bridgehead atoms. The molecule has 1 aliphatic heterocycles. The predicted molar refractivity (Wildman–Crippen MR) is 119 cm³/mol. The van der Waals surface area contributed by atoms with Gasteiger partial charge in [-0.1, -0.05) is 47.5 Å². The van der Waals surface area contributed by atoms with Gasteiger partial charge in [-0.3, -0.25) is 4.79 Å². The molecular formula is C21H25Cl2N3O3S. The maximum atomic E-state index is 13.3. The van der Waals surface area contributed by atoms with E-state index >= 15 is 0 Å². The highest BCUT2D eigenvalue weighted by atomic mass is 35.5. The number of carbonyl (C=O) groups excluding carboxylic acids is 1. The third-order valence-corrected chi connectivity index (χ3v) is 7.54. The number of benzene rings is 2.